The SMILES string of the molecule is COc1ccc(C2CC(n3nc4n(c3=O)[C@H](c3cnccn3)CC4)C2)cc1. The van der Waals surface area contributed by atoms with Crippen molar-refractivity contribution in [3.8, 4) is 5.75 Å². The van der Waals surface area contributed by atoms with Gasteiger partial charge in [-0.05, 0) is 42.9 Å². The molecule has 138 valence electrons. The Labute approximate surface area is 156 Å². The van der Waals surface area contributed by atoms with E-state index in [1.807, 2.05) is 16.7 Å². The van der Waals surface area contributed by atoms with Gasteiger partial charge in [0, 0.05) is 18.8 Å². The van der Waals surface area contributed by atoms with Gasteiger partial charge in [0.1, 0.15) is 11.6 Å². The molecule has 0 unspecified atom stereocenters. The van der Waals surface area contributed by atoms with Crippen molar-refractivity contribution in [3.05, 3.63) is 70.4 Å². The highest BCUT2D eigenvalue weighted by molar-refractivity contribution is 5.30. The second-order valence-electron chi connectivity index (χ2n) is 7.29. The fourth-order valence-electron chi connectivity index (χ4n) is 4.25. The number of ether oxygens (including phenoxy) is 1. The van der Waals surface area contributed by atoms with E-state index in [1.165, 1.54) is 5.56 Å². The van der Waals surface area contributed by atoms with Gasteiger partial charge >= 0.3 is 5.69 Å². The van der Waals surface area contributed by atoms with Gasteiger partial charge in [0.05, 0.1) is 31.1 Å². The Bertz CT molecular complexity index is 1000. The molecule has 0 spiro atoms. The van der Waals surface area contributed by atoms with Crippen molar-refractivity contribution in [2.24, 2.45) is 0 Å². The van der Waals surface area contributed by atoms with Crippen LogP contribution in [-0.4, -0.2) is 31.4 Å². The molecule has 7 heteroatoms. The summed E-state index contributed by atoms with van der Waals surface area (Å²) in [4.78, 5) is 21.5. The van der Waals surface area contributed by atoms with Crippen LogP contribution in [0.15, 0.2) is 47.7 Å². The predicted molar refractivity (Wildman–Crippen MR) is 99.0 cm³/mol. The number of methoxy groups -OCH3 is 1. The van der Waals surface area contributed by atoms with E-state index in [4.69, 9.17) is 4.74 Å². The lowest BCUT2D eigenvalue weighted by atomic mass is 9.76. The number of fused-ring (bicyclic) bond motifs is 1. The van der Waals surface area contributed by atoms with Gasteiger partial charge < -0.3 is 4.74 Å². The zero-order chi connectivity index (χ0) is 18.4. The number of rotatable bonds is 4. The predicted octanol–water partition coefficient (Wildman–Crippen LogP) is 2.50. The molecule has 1 atom stereocenters. The summed E-state index contributed by atoms with van der Waals surface area (Å²) in [5, 5.41) is 4.64. The maximum absolute atomic E-state index is 13.0. The van der Waals surface area contributed by atoms with Crippen LogP contribution >= 0.6 is 0 Å². The Balaban J connectivity index is 1.35. The molecule has 1 saturated carbocycles. The van der Waals surface area contributed by atoms with Gasteiger partial charge in [0.2, 0.25) is 0 Å². The molecule has 0 saturated heterocycles. The minimum Gasteiger partial charge on any atom is -0.497 e. The molecule has 3 aromatic rings. The van der Waals surface area contributed by atoms with E-state index in [9.17, 15) is 4.79 Å². The normalized spacial score (nSPS) is 23.7. The van der Waals surface area contributed by atoms with E-state index in [1.54, 1.807) is 30.4 Å². The molecule has 27 heavy (non-hydrogen) atoms. The summed E-state index contributed by atoms with van der Waals surface area (Å²) in [7, 11) is 1.67. The minimum absolute atomic E-state index is 0.0173. The highest BCUT2D eigenvalue weighted by atomic mass is 16.5. The van der Waals surface area contributed by atoms with Gasteiger partial charge in [-0.2, -0.15) is 5.10 Å². The first-order valence-corrected chi connectivity index (χ1v) is 9.34. The number of hydrogen-bond acceptors (Lipinski definition) is 5. The van der Waals surface area contributed by atoms with Gasteiger partial charge in [-0.15, -0.1) is 0 Å². The van der Waals surface area contributed by atoms with E-state index >= 15 is 0 Å². The average molecular weight is 363 g/mol. The first-order valence-electron chi connectivity index (χ1n) is 9.34. The zero-order valence-electron chi connectivity index (χ0n) is 15.2. The van der Waals surface area contributed by atoms with E-state index in [-0.39, 0.29) is 17.8 Å². The summed E-state index contributed by atoms with van der Waals surface area (Å²) in [6, 6.07) is 8.33. The molecule has 7 nitrogen and oxygen atoms in total. The van der Waals surface area contributed by atoms with E-state index < -0.39 is 0 Å². The monoisotopic (exact) mass is 363 g/mol. The first-order chi connectivity index (χ1) is 13.2. The van der Waals surface area contributed by atoms with Crippen molar-refractivity contribution in [3.63, 3.8) is 0 Å². The van der Waals surface area contributed by atoms with Crippen LogP contribution in [0.25, 0.3) is 0 Å². The average Bonchev–Trinajstić information content (AvgIpc) is 3.23. The van der Waals surface area contributed by atoms with E-state index in [0.29, 0.717) is 5.92 Å². The lowest BCUT2D eigenvalue weighted by molar-refractivity contribution is 0.236. The molecular weight excluding hydrogens is 342 g/mol. The minimum atomic E-state index is -0.0487. The van der Waals surface area contributed by atoms with Crippen LogP contribution < -0.4 is 10.4 Å². The lowest BCUT2D eigenvalue weighted by Crippen LogP contribution is -2.35. The number of aryl methyl sites for hydroxylation is 1. The van der Waals surface area contributed by atoms with Crippen molar-refractivity contribution < 1.29 is 4.74 Å². The molecule has 5 rings (SSSR count). The van der Waals surface area contributed by atoms with Crippen LogP contribution in [0.3, 0.4) is 0 Å². The van der Waals surface area contributed by atoms with E-state index in [2.05, 4.69) is 27.2 Å². The lowest BCUT2D eigenvalue weighted by Gasteiger charge is -2.35. The highest BCUT2D eigenvalue weighted by Gasteiger charge is 2.37. The Morgan fingerprint density at radius 1 is 1.15 bits per heavy atom. The molecule has 3 heterocycles. The van der Waals surface area contributed by atoms with Crippen LogP contribution in [0.5, 0.6) is 5.75 Å². The smallest absolute Gasteiger partial charge is 0.346 e. The van der Waals surface area contributed by atoms with Crippen molar-refractivity contribution in [1.29, 1.82) is 0 Å². The van der Waals surface area contributed by atoms with Gasteiger partial charge in [0.25, 0.3) is 0 Å². The summed E-state index contributed by atoms with van der Waals surface area (Å²) in [6.45, 7) is 0. The standard InChI is InChI=1S/C20H21N5O2/c1-27-16-4-2-13(3-5-16)14-10-15(11-14)25-20(26)24-18(6-7-19(24)23-25)17-12-21-8-9-22-17/h2-5,8-9,12,14-15,18H,6-7,10-11H2,1H3/t14?,15?,18-/m0/s1. The maximum Gasteiger partial charge on any atom is 0.346 e. The molecule has 1 aromatic carbocycles. The third-order valence-corrected chi connectivity index (χ3v) is 5.83. The van der Waals surface area contributed by atoms with Crippen molar-refractivity contribution >= 4 is 0 Å². The third kappa shape index (κ3) is 2.65. The van der Waals surface area contributed by atoms with Gasteiger partial charge in [-0.1, -0.05) is 12.1 Å². The number of aromatic nitrogens is 5. The fraction of sp³-hybridized carbons (Fsp3) is 0.400. The Morgan fingerprint density at radius 3 is 2.67 bits per heavy atom. The molecule has 2 aromatic heterocycles. The van der Waals surface area contributed by atoms with Crippen molar-refractivity contribution in [1.82, 2.24) is 24.3 Å². The van der Waals surface area contributed by atoms with Crippen LogP contribution in [0, 0.1) is 0 Å². The Kier molecular flexibility index (Phi) is 3.81. The Hall–Kier alpha value is -2.96. The highest BCUT2D eigenvalue weighted by Crippen LogP contribution is 2.44. The molecule has 1 aliphatic heterocycles. The molecular formula is C20H21N5O2. The van der Waals surface area contributed by atoms with E-state index in [0.717, 1.165) is 43.0 Å². The van der Waals surface area contributed by atoms with Crippen LogP contribution in [0.4, 0.5) is 0 Å². The third-order valence-electron chi connectivity index (χ3n) is 5.83. The fourth-order valence-corrected chi connectivity index (χ4v) is 4.25. The van der Waals surface area contributed by atoms with Gasteiger partial charge in [0.15, 0.2) is 0 Å². The molecule has 0 N–H and O–H groups in total. The Morgan fingerprint density at radius 2 is 1.96 bits per heavy atom. The topological polar surface area (TPSA) is 74.8 Å². The van der Waals surface area contributed by atoms with Gasteiger partial charge in [-0.3, -0.25) is 14.5 Å². The van der Waals surface area contributed by atoms with Gasteiger partial charge in [-0.25, -0.2) is 9.48 Å². The summed E-state index contributed by atoms with van der Waals surface area (Å²) >= 11 is 0. The number of nitrogens with zero attached hydrogens (tertiary/aromatic N) is 5. The second-order valence-corrected chi connectivity index (χ2v) is 7.29. The molecule has 2 aliphatic rings. The largest absolute Gasteiger partial charge is 0.497 e. The molecule has 1 aliphatic carbocycles. The van der Waals surface area contributed by atoms with Crippen LogP contribution in [-0.2, 0) is 6.42 Å². The van der Waals surface area contributed by atoms with Crippen molar-refractivity contribution in [2.75, 3.05) is 7.11 Å². The summed E-state index contributed by atoms with van der Waals surface area (Å²) in [5.74, 6) is 2.20. The molecule has 0 radical (unpaired) electrons. The summed E-state index contributed by atoms with van der Waals surface area (Å²) < 4.78 is 8.72. The summed E-state index contributed by atoms with van der Waals surface area (Å²) in [6.07, 6.45) is 8.62. The zero-order valence-corrected chi connectivity index (χ0v) is 15.2. The van der Waals surface area contributed by atoms with Crippen LogP contribution in [0.1, 0.15) is 54.3 Å². The second kappa shape index (κ2) is 6.33. The number of benzene rings is 1. The molecule has 1 fully saturated rings. The molecule has 0 bridgehead atoms. The first kappa shape index (κ1) is 16.2. The van der Waals surface area contributed by atoms with Crippen LogP contribution in [0.2, 0.25) is 0 Å². The maximum atomic E-state index is 13.0. The quantitative estimate of drug-likeness (QED) is 0.712. The van der Waals surface area contributed by atoms with Crippen molar-refractivity contribution in [2.45, 2.75) is 43.7 Å². The number of hydrogen-bond donors (Lipinski definition) is 0. The molecule has 0 amide bonds. The summed E-state index contributed by atoms with van der Waals surface area (Å²) in [5.41, 5.74) is 2.11.